The van der Waals surface area contributed by atoms with E-state index in [1.165, 1.54) is 64.2 Å². The van der Waals surface area contributed by atoms with Crippen molar-refractivity contribution in [3.8, 4) is 0 Å². The zero-order chi connectivity index (χ0) is 18.5. The number of aldehydes is 1. The van der Waals surface area contributed by atoms with Crippen LogP contribution in [0.1, 0.15) is 90.4 Å². The van der Waals surface area contributed by atoms with E-state index in [1.807, 2.05) is 0 Å². The Hall–Kier alpha value is -0.670. The largest absolute Gasteiger partial charge is 0.396 e. The van der Waals surface area contributed by atoms with Crippen LogP contribution in [0.2, 0.25) is 0 Å². The lowest BCUT2D eigenvalue weighted by molar-refractivity contribution is -0.105. The Morgan fingerprint density at radius 3 is 2.00 bits per heavy atom. The molecule has 3 heteroatoms. The summed E-state index contributed by atoms with van der Waals surface area (Å²) < 4.78 is 0. The number of hydrogen-bond acceptors (Lipinski definition) is 3. The second kappa shape index (κ2) is 13.5. The van der Waals surface area contributed by atoms with E-state index in [2.05, 4.69) is 13.5 Å². The second-order valence-electron chi connectivity index (χ2n) is 8.09. The molecule has 0 unspecified atom stereocenters. The zero-order valence-corrected chi connectivity index (χ0v) is 16.3. The first-order valence-corrected chi connectivity index (χ1v) is 10.5. The summed E-state index contributed by atoms with van der Waals surface area (Å²) in [6, 6.07) is 0. The number of hydrogen-bond donors (Lipinski definition) is 2. The molecule has 2 saturated carbocycles. The molecule has 0 spiro atoms. The van der Waals surface area contributed by atoms with Crippen molar-refractivity contribution in [1.29, 1.82) is 0 Å². The van der Waals surface area contributed by atoms with Gasteiger partial charge in [-0.3, -0.25) is 4.79 Å². The van der Waals surface area contributed by atoms with Crippen molar-refractivity contribution in [1.82, 2.24) is 0 Å². The summed E-state index contributed by atoms with van der Waals surface area (Å²) in [4.78, 5) is 9.68. The van der Waals surface area contributed by atoms with Gasteiger partial charge in [-0.05, 0) is 68.3 Å². The Bertz CT molecular complexity index is 350. The number of aliphatic hydroxyl groups excluding tert-OH is 2. The number of rotatable bonds is 8. The van der Waals surface area contributed by atoms with Crippen LogP contribution in [0.3, 0.4) is 0 Å². The van der Waals surface area contributed by atoms with Crippen LogP contribution >= 0.6 is 0 Å². The van der Waals surface area contributed by atoms with E-state index < -0.39 is 0 Å². The Kier molecular flexibility index (Phi) is 12.1. The molecule has 0 atom stereocenters. The molecule has 2 rings (SSSR count). The third kappa shape index (κ3) is 9.55. The Balaban J connectivity index is 0.000000381. The van der Waals surface area contributed by atoms with Crippen LogP contribution in [-0.2, 0) is 4.79 Å². The fourth-order valence-corrected chi connectivity index (χ4v) is 4.41. The molecular formula is C22H40O3. The molecule has 2 N–H and O–H groups in total. The highest BCUT2D eigenvalue weighted by atomic mass is 16.3. The maximum Gasteiger partial charge on any atom is 0.145 e. The third-order valence-electron chi connectivity index (χ3n) is 6.11. The third-order valence-corrected chi connectivity index (χ3v) is 6.11. The van der Waals surface area contributed by atoms with E-state index in [0.29, 0.717) is 18.3 Å². The molecule has 2 fully saturated rings. The standard InChI is InChI=1S/C17H32O.C5H8O2/c1-2-3-4-5-14-6-8-15(9-7-14)16-10-12-17(18)13-11-16;1-5(4-7)2-3-6/h14-18H,2-13H2,1H3;4,6H,1-3H2. The molecular weight excluding hydrogens is 312 g/mol. The molecule has 0 aliphatic heterocycles. The van der Waals surface area contributed by atoms with Crippen LogP contribution in [-0.4, -0.2) is 29.2 Å². The van der Waals surface area contributed by atoms with Gasteiger partial charge in [0.25, 0.3) is 0 Å². The molecule has 0 aromatic rings. The minimum atomic E-state index is 0.0115. The molecule has 0 heterocycles. The number of unbranched alkanes of at least 4 members (excludes halogenated alkanes) is 2. The molecule has 0 amide bonds. The maximum atomic E-state index is 9.68. The van der Waals surface area contributed by atoms with Crippen molar-refractivity contribution < 1.29 is 15.0 Å². The zero-order valence-electron chi connectivity index (χ0n) is 16.3. The van der Waals surface area contributed by atoms with E-state index in [-0.39, 0.29) is 12.7 Å². The van der Waals surface area contributed by atoms with Crippen LogP contribution in [0.25, 0.3) is 0 Å². The van der Waals surface area contributed by atoms with Gasteiger partial charge in [0, 0.05) is 6.61 Å². The average Bonchev–Trinajstić information content (AvgIpc) is 2.64. The lowest BCUT2D eigenvalue weighted by Crippen LogP contribution is -2.27. The first-order valence-electron chi connectivity index (χ1n) is 10.5. The van der Waals surface area contributed by atoms with E-state index in [9.17, 15) is 9.90 Å². The average molecular weight is 353 g/mol. The topological polar surface area (TPSA) is 57.5 Å². The lowest BCUT2D eigenvalue weighted by Gasteiger charge is -2.37. The van der Waals surface area contributed by atoms with E-state index in [4.69, 9.17) is 5.11 Å². The van der Waals surface area contributed by atoms with Gasteiger partial charge in [0.1, 0.15) is 6.29 Å². The summed E-state index contributed by atoms with van der Waals surface area (Å²) in [6.45, 7) is 5.65. The number of carbonyl (C=O) groups excluding carboxylic acids is 1. The molecule has 2 aliphatic carbocycles. The molecule has 0 aromatic heterocycles. The van der Waals surface area contributed by atoms with Crippen molar-refractivity contribution in [2.75, 3.05) is 6.61 Å². The predicted molar refractivity (Wildman–Crippen MR) is 104 cm³/mol. The van der Waals surface area contributed by atoms with Crippen LogP contribution < -0.4 is 0 Å². The summed E-state index contributed by atoms with van der Waals surface area (Å²) in [5.41, 5.74) is 0.447. The van der Waals surface area contributed by atoms with Gasteiger partial charge in [0.15, 0.2) is 0 Å². The molecule has 0 bridgehead atoms. The molecule has 25 heavy (non-hydrogen) atoms. The maximum absolute atomic E-state index is 9.68. The van der Waals surface area contributed by atoms with Gasteiger partial charge in [-0.25, -0.2) is 0 Å². The first-order chi connectivity index (χ1) is 12.1. The van der Waals surface area contributed by atoms with Crippen LogP contribution in [0.4, 0.5) is 0 Å². The van der Waals surface area contributed by atoms with Gasteiger partial charge in [-0.1, -0.05) is 52.0 Å². The van der Waals surface area contributed by atoms with E-state index >= 15 is 0 Å². The minimum absolute atomic E-state index is 0.0115. The van der Waals surface area contributed by atoms with Crippen molar-refractivity contribution in [3.63, 3.8) is 0 Å². The fraction of sp³-hybridized carbons (Fsp3) is 0.864. The molecule has 146 valence electrons. The van der Waals surface area contributed by atoms with Crippen LogP contribution in [0, 0.1) is 17.8 Å². The predicted octanol–water partition coefficient (Wildman–Crippen LogP) is 5.05. The highest BCUT2D eigenvalue weighted by Gasteiger charge is 2.30. The van der Waals surface area contributed by atoms with Crippen molar-refractivity contribution in [2.45, 2.75) is 96.5 Å². The highest BCUT2D eigenvalue weighted by Crippen LogP contribution is 2.41. The van der Waals surface area contributed by atoms with Gasteiger partial charge in [0.2, 0.25) is 0 Å². The Morgan fingerprint density at radius 1 is 1.00 bits per heavy atom. The second-order valence-corrected chi connectivity index (χ2v) is 8.09. The summed E-state index contributed by atoms with van der Waals surface area (Å²) in [5, 5.41) is 17.7. The van der Waals surface area contributed by atoms with Crippen molar-refractivity contribution in [3.05, 3.63) is 12.2 Å². The number of carbonyl (C=O) groups is 1. The summed E-state index contributed by atoms with van der Waals surface area (Å²) in [5.74, 6) is 2.99. The molecule has 0 saturated heterocycles. The lowest BCUT2D eigenvalue weighted by atomic mass is 9.70. The van der Waals surface area contributed by atoms with Gasteiger partial charge in [0.05, 0.1) is 6.10 Å². The fourth-order valence-electron chi connectivity index (χ4n) is 4.41. The van der Waals surface area contributed by atoms with Gasteiger partial charge in [-0.2, -0.15) is 0 Å². The molecule has 0 aromatic carbocycles. The van der Waals surface area contributed by atoms with Crippen molar-refractivity contribution >= 4 is 6.29 Å². The summed E-state index contributed by atoms with van der Waals surface area (Å²) in [6.07, 6.45) is 17.5. The van der Waals surface area contributed by atoms with E-state index in [0.717, 1.165) is 30.6 Å². The minimum Gasteiger partial charge on any atom is -0.396 e. The summed E-state index contributed by atoms with van der Waals surface area (Å²) >= 11 is 0. The molecule has 2 aliphatic rings. The Morgan fingerprint density at radius 2 is 1.56 bits per heavy atom. The van der Waals surface area contributed by atoms with Crippen molar-refractivity contribution in [2.24, 2.45) is 17.8 Å². The van der Waals surface area contributed by atoms with Crippen LogP contribution in [0.5, 0.6) is 0 Å². The highest BCUT2D eigenvalue weighted by molar-refractivity contribution is 5.71. The smallest absolute Gasteiger partial charge is 0.145 e. The quantitative estimate of drug-likeness (QED) is 0.365. The van der Waals surface area contributed by atoms with Gasteiger partial charge < -0.3 is 10.2 Å². The monoisotopic (exact) mass is 352 g/mol. The molecule has 3 nitrogen and oxygen atoms in total. The normalized spacial score (nSPS) is 29.4. The molecule has 0 radical (unpaired) electrons. The SMILES string of the molecule is C=C(C=O)CCO.CCCCCC1CCC(C2CCC(O)CC2)CC1. The number of aliphatic hydroxyl groups is 2. The van der Waals surface area contributed by atoms with Gasteiger partial charge in [-0.15, -0.1) is 0 Å². The van der Waals surface area contributed by atoms with E-state index in [1.54, 1.807) is 0 Å². The van der Waals surface area contributed by atoms with Gasteiger partial charge >= 0.3 is 0 Å². The first kappa shape index (κ1) is 22.4. The Labute approximate surface area is 154 Å². The summed E-state index contributed by atoms with van der Waals surface area (Å²) in [7, 11) is 0. The van der Waals surface area contributed by atoms with Crippen LogP contribution in [0.15, 0.2) is 12.2 Å².